The number of anilines is 1. The van der Waals surface area contributed by atoms with Crippen molar-refractivity contribution in [2.24, 2.45) is 0 Å². The van der Waals surface area contributed by atoms with Gasteiger partial charge in [0, 0.05) is 12.6 Å². The smallest absolute Gasteiger partial charge is 0.262 e. The molecule has 5 heteroatoms. The quantitative estimate of drug-likeness (QED) is 0.569. The number of ether oxygens (including phenoxy) is 2. The molecule has 5 nitrogen and oxygen atoms in total. The van der Waals surface area contributed by atoms with E-state index in [9.17, 15) is 4.79 Å². The lowest BCUT2D eigenvalue weighted by atomic mass is 10.1. The second-order valence-electron chi connectivity index (χ2n) is 4.96. The third kappa shape index (κ3) is 4.58. The largest absolute Gasteiger partial charge is 0.482 e. The summed E-state index contributed by atoms with van der Waals surface area (Å²) in [6.07, 6.45) is 2.72. The predicted molar refractivity (Wildman–Crippen MR) is 82.6 cm³/mol. The summed E-state index contributed by atoms with van der Waals surface area (Å²) < 4.78 is 10.8. The molecule has 0 aromatic heterocycles. The molecule has 2 N–H and O–H groups in total. The van der Waals surface area contributed by atoms with Gasteiger partial charge >= 0.3 is 0 Å². The highest BCUT2D eigenvalue weighted by Gasteiger charge is 2.17. The maximum atomic E-state index is 11.3. The molecule has 0 saturated heterocycles. The predicted octanol–water partition coefficient (Wildman–Crippen LogP) is 2.26. The molecule has 1 unspecified atom stereocenters. The lowest BCUT2D eigenvalue weighted by Gasteiger charge is -2.21. The molecule has 114 valence electrons. The van der Waals surface area contributed by atoms with Gasteiger partial charge in [-0.15, -0.1) is 6.58 Å². The average molecular weight is 290 g/mol. The zero-order valence-electron chi connectivity index (χ0n) is 12.4. The fourth-order valence-electron chi connectivity index (χ4n) is 2.10. The van der Waals surface area contributed by atoms with Crippen LogP contribution in [0.5, 0.6) is 5.75 Å². The molecule has 1 amide bonds. The summed E-state index contributed by atoms with van der Waals surface area (Å²) in [5, 5.41) is 6.21. The lowest BCUT2D eigenvalue weighted by molar-refractivity contribution is -0.118. The number of nitrogens with one attached hydrogen (secondary N) is 2. The summed E-state index contributed by atoms with van der Waals surface area (Å²) >= 11 is 0. The molecule has 1 aliphatic rings. The van der Waals surface area contributed by atoms with Gasteiger partial charge in [-0.05, 0) is 31.0 Å². The Balaban J connectivity index is 1.82. The highest BCUT2D eigenvalue weighted by atomic mass is 16.5. The normalized spacial score (nSPS) is 14.8. The number of fused-ring (bicyclic) bond motifs is 1. The van der Waals surface area contributed by atoms with Crippen LogP contribution in [0.1, 0.15) is 24.9 Å². The number of carbonyl (C=O) groups is 1. The maximum Gasteiger partial charge on any atom is 0.262 e. The SMILES string of the molecule is C=CCCOCCNC(C)c1ccc2c(c1)NC(=O)CO2. The van der Waals surface area contributed by atoms with Gasteiger partial charge in [-0.1, -0.05) is 12.1 Å². The van der Waals surface area contributed by atoms with Crippen LogP contribution in [0.2, 0.25) is 0 Å². The van der Waals surface area contributed by atoms with Crippen molar-refractivity contribution in [2.45, 2.75) is 19.4 Å². The highest BCUT2D eigenvalue weighted by Crippen LogP contribution is 2.30. The van der Waals surface area contributed by atoms with Crippen molar-refractivity contribution in [1.29, 1.82) is 0 Å². The van der Waals surface area contributed by atoms with E-state index in [-0.39, 0.29) is 18.6 Å². The Morgan fingerprint density at radius 2 is 2.38 bits per heavy atom. The second-order valence-corrected chi connectivity index (χ2v) is 4.96. The minimum atomic E-state index is -0.115. The van der Waals surface area contributed by atoms with Crippen LogP contribution in [0.15, 0.2) is 30.9 Å². The summed E-state index contributed by atoms with van der Waals surface area (Å²) in [5.41, 5.74) is 1.84. The van der Waals surface area contributed by atoms with Gasteiger partial charge in [0.15, 0.2) is 6.61 Å². The zero-order chi connectivity index (χ0) is 15.1. The van der Waals surface area contributed by atoms with Crippen LogP contribution in [-0.4, -0.2) is 32.3 Å². The van der Waals surface area contributed by atoms with Crippen LogP contribution in [0.25, 0.3) is 0 Å². The summed E-state index contributed by atoms with van der Waals surface area (Å²) in [6.45, 7) is 7.97. The van der Waals surface area contributed by atoms with E-state index in [1.54, 1.807) is 0 Å². The van der Waals surface area contributed by atoms with Gasteiger partial charge in [0.25, 0.3) is 5.91 Å². The molecule has 21 heavy (non-hydrogen) atoms. The first-order valence-electron chi connectivity index (χ1n) is 7.19. The average Bonchev–Trinajstić information content (AvgIpc) is 2.49. The van der Waals surface area contributed by atoms with Gasteiger partial charge < -0.3 is 20.1 Å². The van der Waals surface area contributed by atoms with Crippen LogP contribution >= 0.6 is 0 Å². The van der Waals surface area contributed by atoms with E-state index < -0.39 is 0 Å². The molecule has 1 aromatic carbocycles. The first-order valence-corrected chi connectivity index (χ1v) is 7.19. The monoisotopic (exact) mass is 290 g/mol. The summed E-state index contributed by atoms with van der Waals surface area (Å²) in [5.74, 6) is 0.606. The molecule has 2 rings (SSSR count). The van der Waals surface area contributed by atoms with Crippen molar-refractivity contribution in [3.05, 3.63) is 36.4 Å². The van der Waals surface area contributed by atoms with E-state index in [0.29, 0.717) is 13.2 Å². The van der Waals surface area contributed by atoms with Gasteiger partial charge in [-0.2, -0.15) is 0 Å². The van der Waals surface area contributed by atoms with Gasteiger partial charge in [-0.25, -0.2) is 0 Å². The number of carbonyl (C=O) groups excluding carboxylic acids is 1. The zero-order valence-corrected chi connectivity index (χ0v) is 12.4. The second kappa shape index (κ2) is 7.81. The number of hydrogen-bond acceptors (Lipinski definition) is 4. The third-order valence-electron chi connectivity index (χ3n) is 3.30. The van der Waals surface area contributed by atoms with Gasteiger partial charge in [0.2, 0.25) is 0 Å². The Morgan fingerprint density at radius 1 is 1.52 bits per heavy atom. The van der Waals surface area contributed by atoms with E-state index in [1.165, 1.54) is 0 Å². The summed E-state index contributed by atoms with van der Waals surface area (Å²) in [7, 11) is 0. The van der Waals surface area contributed by atoms with Gasteiger partial charge in [-0.3, -0.25) is 4.79 Å². The fourth-order valence-corrected chi connectivity index (χ4v) is 2.10. The summed E-state index contributed by atoms with van der Waals surface area (Å²) in [6, 6.07) is 6.02. The minimum absolute atomic E-state index is 0.0855. The number of benzene rings is 1. The molecular weight excluding hydrogens is 268 g/mol. The first kappa shape index (κ1) is 15.5. The number of amides is 1. The van der Waals surface area contributed by atoms with Crippen molar-refractivity contribution in [3.8, 4) is 5.75 Å². The van der Waals surface area contributed by atoms with Crippen molar-refractivity contribution in [3.63, 3.8) is 0 Å². The van der Waals surface area contributed by atoms with Gasteiger partial charge in [0.05, 0.1) is 18.9 Å². The molecule has 0 spiro atoms. The molecule has 1 aromatic rings. The Labute approximate surface area is 125 Å². The number of hydrogen-bond donors (Lipinski definition) is 2. The molecule has 0 bridgehead atoms. The maximum absolute atomic E-state index is 11.3. The van der Waals surface area contributed by atoms with Crippen LogP contribution in [0.4, 0.5) is 5.69 Å². The Hall–Kier alpha value is -1.85. The standard InChI is InChI=1S/C16H22N2O3/c1-3-4-8-20-9-7-17-12(2)13-5-6-15-14(10-13)18-16(19)11-21-15/h3,5-6,10,12,17H,1,4,7-9,11H2,2H3,(H,18,19). The van der Waals surface area contributed by atoms with E-state index in [1.807, 2.05) is 24.3 Å². The molecule has 0 radical (unpaired) electrons. The highest BCUT2D eigenvalue weighted by molar-refractivity contribution is 5.95. The van der Waals surface area contributed by atoms with Crippen LogP contribution in [-0.2, 0) is 9.53 Å². The lowest BCUT2D eigenvalue weighted by Crippen LogP contribution is -2.26. The molecule has 1 atom stereocenters. The molecule has 0 fully saturated rings. The van der Waals surface area contributed by atoms with Crippen molar-refractivity contribution in [1.82, 2.24) is 5.32 Å². The minimum Gasteiger partial charge on any atom is -0.482 e. The van der Waals surface area contributed by atoms with E-state index in [0.717, 1.165) is 30.0 Å². The van der Waals surface area contributed by atoms with Crippen molar-refractivity contribution < 1.29 is 14.3 Å². The molecular formula is C16H22N2O3. The van der Waals surface area contributed by atoms with Crippen molar-refractivity contribution in [2.75, 3.05) is 31.7 Å². The molecule has 1 heterocycles. The Kier molecular flexibility index (Phi) is 5.78. The van der Waals surface area contributed by atoms with E-state index in [4.69, 9.17) is 9.47 Å². The topological polar surface area (TPSA) is 59.6 Å². The number of rotatable bonds is 8. The molecule has 0 aliphatic carbocycles. The molecule has 1 aliphatic heterocycles. The summed E-state index contributed by atoms with van der Waals surface area (Å²) in [4.78, 5) is 11.3. The Bertz CT molecular complexity index is 502. The van der Waals surface area contributed by atoms with Crippen LogP contribution in [0, 0.1) is 0 Å². The first-order chi connectivity index (χ1) is 10.2. The van der Waals surface area contributed by atoms with Crippen LogP contribution < -0.4 is 15.4 Å². The Morgan fingerprint density at radius 3 is 3.19 bits per heavy atom. The van der Waals surface area contributed by atoms with Crippen LogP contribution in [0.3, 0.4) is 0 Å². The van der Waals surface area contributed by atoms with E-state index in [2.05, 4.69) is 24.1 Å². The third-order valence-corrected chi connectivity index (χ3v) is 3.30. The fraction of sp³-hybridized carbons (Fsp3) is 0.438. The molecule has 0 saturated carbocycles. The van der Waals surface area contributed by atoms with Crippen molar-refractivity contribution >= 4 is 11.6 Å². The van der Waals surface area contributed by atoms with Gasteiger partial charge in [0.1, 0.15) is 5.75 Å². The van der Waals surface area contributed by atoms with E-state index >= 15 is 0 Å².